The SMILES string of the molecule is Cl.N[C@@H]1CCN(Cc2cnc(C(F)(F)F)s2)C1. The topological polar surface area (TPSA) is 42.1 Å². The summed E-state index contributed by atoms with van der Waals surface area (Å²) in [6, 6.07) is 0.148. The molecule has 0 spiro atoms. The smallest absolute Gasteiger partial charge is 0.326 e. The number of rotatable bonds is 2. The maximum Gasteiger partial charge on any atom is 0.443 e. The summed E-state index contributed by atoms with van der Waals surface area (Å²) in [6.07, 6.45) is -2.12. The molecule has 1 aromatic heterocycles. The maximum absolute atomic E-state index is 12.3. The normalized spacial score (nSPS) is 21.5. The molecule has 2 rings (SSSR count). The lowest BCUT2D eigenvalue weighted by Crippen LogP contribution is -2.25. The van der Waals surface area contributed by atoms with Crippen LogP contribution in [0.5, 0.6) is 0 Å². The monoisotopic (exact) mass is 287 g/mol. The number of hydrogen-bond acceptors (Lipinski definition) is 4. The molecular formula is C9H13ClF3N3S. The molecule has 1 aliphatic heterocycles. The summed E-state index contributed by atoms with van der Waals surface area (Å²) in [5.74, 6) is 0. The molecule has 1 aliphatic rings. The van der Waals surface area contributed by atoms with Crippen LogP contribution >= 0.6 is 23.7 Å². The number of nitrogens with two attached hydrogens (primary N) is 1. The van der Waals surface area contributed by atoms with E-state index in [1.54, 1.807) is 0 Å². The van der Waals surface area contributed by atoms with Crippen molar-refractivity contribution in [1.82, 2.24) is 9.88 Å². The second kappa shape index (κ2) is 5.51. The van der Waals surface area contributed by atoms with Crippen molar-refractivity contribution < 1.29 is 13.2 Å². The summed E-state index contributed by atoms with van der Waals surface area (Å²) in [5.41, 5.74) is 5.72. The van der Waals surface area contributed by atoms with Crippen LogP contribution in [0.15, 0.2) is 6.20 Å². The number of alkyl halides is 3. The number of thiazole rings is 1. The van der Waals surface area contributed by atoms with Crippen molar-refractivity contribution in [3.63, 3.8) is 0 Å². The molecule has 17 heavy (non-hydrogen) atoms. The van der Waals surface area contributed by atoms with Gasteiger partial charge in [0.15, 0.2) is 5.01 Å². The van der Waals surface area contributed by atoms with E-state index in [4.69, 9.17) is 5.73 Å². The standard InChI is InChI=1S/C9H12F3N3S.ClH/c10-9(11,12)8-14-3-7(16-8)5-15-2-1-6(13)4-15;/h3,6H,1-2,4-5,13H2;1H/t6-;/m1./s1. The van der Waals surface area contributed by atoms with Crippen molar-refractivity contribution in [2.45, 2.75) is 25.2 Å². The molecule has 0 radical (unpaired) electrons. The highest BCUT2D eigenvalue weighted by Crippen LogP contribution is 2.32. The second-order valence-electron chi connectivity index (χ2n) is 3.91. The predicted molar refractivity (Wildman–Crippen MR) is 62.2 cm³/mol. The average Bonchev–Trinajstić information content (AvgIpc) is 2.74. The first-order valence-corrected chi connectivity index (χ1v) is 5.76. The summed E-state index contributed by atoms with van der Waals surface area (Å²) in [6.45, 7) is 2.11. The minimum Gasteiger partial charge on any atom is -0.326 e. The van der Waals surface area contributed by atoms with E-state index in [9.17, 15) is 13.2 Å². The highest BCUT2D eigenvalue weighted by molar-refractivity contribution is 7.11. The quantitative estimate of drug-likeness (QED) is 0.906. The van der Waals surface area contributed by atoms with Crippen LogP contribution in [-0.4, -0.2) is 29.0 Å². The van der Waals surface area contributed by atoms with Gasteiger partial charge in [0, 0.05) is 36.8 Å². The Hall–Kier alpha value is -0.370. The van der Waals surface area contributed by atoms with Crippen molar-refractivity contribution in [1.29, 1.82) is 0 Å². The third kappa shape index (κ3) is 3.80. The minimum absolute atomic E-state index is 0. The second-order valence-corrected chi connectivity index (χ2v) is 5.03. The first-order chi connectivity index (χ1) is 7.45. The molecule has 0 saturated carbocycles. The van der Waals surface area contributed by atoms with Crippen LogP contribution in [0.3, 0.4) is 0 Å². The Labute approximate surface area is 107 Å². The van der Waals surface area contributed by atoms with Gasteiger partial charge in [0.1, 0.15) is 0 Å². The van der Waals surface area contributed by atoms with Crippen molar-refractivity contribution in [3.8, 4) is 0 Å². The molecule has 0 aromatic carbocycles. The molecule has 1 atom stereocenters. The third-order valence-electron chi connectivity index (χ3n) is 2.48. The van der Waals surface area contributed by atoms with Crippen LogP contribution < -0.4 is 5.73 Å². The fraction of sp³-hybridized carbons (Fsp3) is 0.667. The van der Waals surface area contributed by atoms with Gasteiger partial charge in [0.05, 0.1) is 0 Å². The van der Waals surface area contributed by atoms with Gasteiger partial charge in [-0.1, -0.05) is 0 Å². The van der Waals surface area contributed by atoms with Crippen LogP contribution in [0.4, 0.5) is 13.2 Å². The zero-order chi connectivity index (χ0) is 11.8. The number of hydrogen-bond donors (Lipinski definition) is 1. The van der Waals surface area contributed by atoms with Crippen LogP contribution in [0, 0.1) is 0 Å². The van der Waals surface area contributed by atoms with Gasteiger partial charge in [-0.2, -0.15) is 13.2 Å². The molecule has 1 aromatic rings. The van der Waals surface area contributed by atoms with E-state index in [0.717, 1.165) is 19.5 Å². The Morgan fingerprint density at radius 1 is 1.53 bits per heavy atom. The summed E-state index contributed by atoms with van der Waals surface area (Å²) in [5, 5.41) is -0.772. The van der Waals surface area contributed by atoms with E-state index in [0.29, 0.717) is 22.8 Å². The van der Waals surface area contributed by atoms with Gasteiger partial charge in [-0.05, 0) is 6.42 Å². The Balaban J connectivity index is 0.00000144. The molecule has 1 saturated heterocycles. The van der Waals surface area contributed by atoms with Gasteiger partial charge in [-0.3, -0.25) is 4.90 Å². The van der Waals surface area contributed by atoms with Gasteiger partial charge >= 0.3 is 6.18 Å². The molecule has 1 fully saturated rings. The highest BCUT2D eigenvalue weighted by atomic mass is 35.5. The molecular weight excluding hydrogens is 275 g/mol. The van der Waals surface area contributed by atoms with E-state index < -0.39 is 11.2 Å². The zero-order valence-corrected chi connectivity index (χ0v) is 10.5. The van der Waals surface area contributed by atoms with E-state index >= 15 is 0 Å². The zero-order valence-electron chi connectivity index (χ0n) is 8.91. The molecule has 2 heterocycles. The van der Waals surface area contributed by atoms with Crippen molar-refractivity contribution in [2.75, 3.05) is 13.1 Å². The largest absolute Gasteiger partial charge is 0.443 e. The Morgan fingerprint density at radius 3 is 2.71 bits per heavy atom. The summed E-state index contributed by atoms with van der Waals surface area (Å²) in [4.78, 5) is 6.08. The maximum atomic E-state index is 12.3. The Kier molecular flexibility index (Phi) is 4.77. The van der Waals surface area contributed by atoms with Crippen molar-refractivity contribution >= 4 is 23.7 Å². The molecule has 0 aliphatic carbocycles. The lowest BCUT2D eigenvalue weighted by atomic mass is 10.3. The first kappa shape index (κ1) is 14.7. The Morgan fingerprint density at radius 2 is 2.24 bits per heavy atom. The van der Waals surface area contributed by atoms with E-state index in [2.05, 4.69) is 9.88 Å². The van der Waals surface area contributed by atoms with Crippen LogP contribution in [0.2, 0.25) is 0 Å². The third-order valence-corrected chi connectivity index (χ3v) is 3.51. The first-order valence-electron chi connectivity index (χ1n) is 4.95. The lowest BCUT2D eigenvalue weighted by molar-refractivity contribution is -0.137. The van der Waals surface area contributed by atoms with Crippen LogP contribution in [-0.2, 0) is 12.7 Å². The van der Waals surface area contributed by atoms with Gasteiger partial charge in [0.25, 0.3) is 0 Å². The summed E-state index contributed by atoms with van der Waals surface area (Å²) in [7, 11) is 0. The van der Waals surface area contributed by atoms with Crippen LogP contribution in [0.25, 0.3) is 0 Å². The minimum atomic E-state index is -4.33. The summed E-state index contributed by atoms with van der Waals surface area (Å²) < 4.78 is 36.9. The molecule has 8 heteroatoms. The number of halogens is 4. The van der Waals surface area contributed by atoms with Gasteiger partial charge in [-0.15, -0.1) is 23.7 Å². The fourth-order valence-electron chi connectivity index (χ4n) is 1.74. The number of aromatic nitrogens is 1. The van der Waals surface area contributed by atoms with Crippen molar-refractivity contribution in [2.24, 2.45) is 5.73 Å². The Bertz CT molecular complexity index is 369. The molecule has 98 valence electrons. The van der Waals surface area contributed by atoms with E-state index in [1.165, 1.54) is 6.20 Å². The molecule has 2 N–H and O–H groups in total. The van der Waals surface area contributed by atoms with E-state index in [1.807, 2.05) is 0 Å². The van der Waals surface area contributed by atoms with Gasteiger partial charge in [0.2, 0.25) is 0 Å². The number of nitrogens with zero attached hydrogens (tertiary/aromatic N) is 2. The molecule has 0 bridgehead atoms. The van der Waals surface area contributed by atoms with Gasteiger partial charge < -0.3 is 5.73 Å². The highest BCUT2D eigenvalue weighted by Gasteiger charge is 2.34. The van der Waals surface area contributed by atoms with Gasteiger partial charge in [-0.25, -0.2) is 4.98 Å². The molecule has 0 amide bonds. The predicted octanol–water partition coefficient (Wildman–Crippen LogP) is 2.12. The van der Waals surface area contributed by atoms with E-state index in [-0.39, 0.29) is 18.4 Å². The van der Waals surface area contributed by atoms with Crippen molar-refractivity contribution in [3.05, 3.63) is 16.1 Å². The fourth-order valence-corrected chi connectivity index (χ4v) is 2.56. The summed E-state index contributed by atoms with van der Waals surface area (Å²) >= 11 is 0.709. The molecule has 3 nitrogen and oxygen atoms in total. The lowest BCUT2D eigenvalue weighted by Gasteiger charge is -2.12. The molecule has 0 unspecified atom stereocenters. The number of likely N-dealkylation sites (tertiary alicyclic amines) is 1. The van der Waals surface area contributed by atoms with Crippen LogP contribution in [0.1, 0.15) is 16.3 Å². The average molecular weight is 288 g/mol.